The predicted octanol–water partition coefficient (Wildman–Crippen LogP) is 6.13. The maximum Gasteiger partial charge on any atom is 0.0900 e. The minimum atomic E-state index is 0.0593. The van der Waals surface area contributed by atoms with Crippen molar-refractivity contribution in [3.8, 4) is 0 Å². The van der Waals surface area contributed by atoms with Crippen LogP contribution in [0, 0.1) is 13.8 Å². The Bertz CT molecular complexity index is 655. The van der Waals surface area contributed by atoms with Gasteiger partial charge in [0, 0.05) is 17.0 Å². The molecule has 0 spiro atoms. The van der Waals surface area contributed by atoms with Crippen LogP contribution in [0.15, 0.2) is 12.1 Å². The van der Waals surface area contributed by atoms with Crippen LogP contribution in [0.1, 0.15) is 47.1 Å². The van der Waals surface area contributed by atoms with E-state index in [4.69, 9.17) is 34.8 Å². The van der Waals surface area contributed by atoms with Gasteiger partial charge in [0.2, 0.25) is 0 Å². The van der Waals surface area contributed by atoms with E-state index in [0.717, 1.165) is 16.3 Å². The zero-order valence-corrected chi connectivity index (χ0v) is 15.4. The van der Waals surface area contributed by atoms with E-state index in [1.807, 2.05) is 19.9 Å². The van der Waals surface area contributed by atoms with Gasteiger partial charge < -0.3 is 5.32 Å². The molecule has 0 radical (unpaired) electrons. The summed E-state index contributed by atoms with van der Waals surface area (Å²) in [5, 5.41) is 6.00. The van der Waals surface area contributed by atoms with E-state index in [0.29, 0.717) is 15.1 Å². The first-order chi connectivity index (χ1) is 9.81. The number of nitrogens with one attached hydrogen (secondary N) is 1. The van der Waals surface area contributed by atoms with Crippen LogP contribution in [-0.2, 0) is 0 Å². The number of nitrogens with zero attached hydrogens (tertiary/aromatic N) is 1. The number of hydrogen-bond donors (Lipinski definition) is 1. The second-order valence-corrected chi connectivity index (χ2v) is 7.46. The molecule has 2 atom stereocenters. The Labute approximate surface area is 144 Å². The molecule has 1 aromatic carbocycles. The molecule has 21 heavy (non-hydrogen) atoms. The van der Waals surface area contributed by atoms with E-state index in [1.165, 1.54) is 4.88 Å². The molecule has 2 unspecified atom stereocenters. The van der Waals surface area contributed by atoms with Gasteiger partial charge in [-0.25, -0.2) is 4.98 Å². The molecule has 0 saturated carbocycles. The number of rotatable bonds is 4. The van der Waals surface area contributed by atoms with Gasteiger partial charge >= 0.3 is 0 Å². The van der Waals surface area contributed by atoms with Crippen molar-refractivity contribution in [1.82, 2.24) is 10.3 Å². The highest BCUT2D eigenvalue weighted by atomic mass is 35.5. The summed E-state index contributed by atoms with van der Waals surface area (Å²) < 4.78 is 0. The number of halogens is 3. The summed E-state index contributed by atoms with van der Waals surface area (Å²) in [6.45, 7) is 8.24. The molecule has 0 bridgehead atoms. The van der Waals surface area contributed by atoms with Crippen LogP contribution in [0.2, 0.25) is 15.1 Å². The van der Waals surface area contributed by atoms with Gasteiger partial charge in [0.15, 0.2) is 0 Å². The van der Waals surface area contributed by atoms with Crippen molar-refractivity contribution in [2.24, 2.45) is 0 Å². The van der Waals surface area contributed by atoms with Gasteiger partial charge in [0.05, 0.1) is 25.8 Å². The number of benzene rings is 1. The lowest BCUT2D eigenvalue weighted by molar-refractivity contribution is 0.498. The van der Waals surface area contributed by atoms with Gasteiger partial charge in [0.25, 0.3) is 0 Å². The third kappa shape index (κ3) is 3.72. The van der Waals surface area contributed by atoms with E-state index in [9.17, 15) is 0 Å². The number of aryl methyl sites for hydroxylation is 2. The van der Waals surface area contributed by atoms with Crippen molar-refractivity contribution >= 4 is 46.1 Å². The SMILES string of the molecule is Cc1nc(C)c(C(C)NC(C)c2ccc(Cl)c(Cl)c2Cl)s1. The van der Waals surface area contributed by atoms with Crippen LogP contribution >= 0.6 is 46.1 Å². The van der Waals surface area contributed by atoms with Crippen LogP contribution in [-0.4, -0.2) is 4.98 Å². The third-order valence-electron chi connectivity index (χ3n) is 3.36. The summed E-state index contributed by atoms with van der Waals surface area (Å²) in [7, 11) is 0. The van der Waals surface area contributed by atoms with Crippen LogP contribution in [0.25, 0.3) is 0 Å². The molecule has 0 fully saturated rings. The predicted molar refractivity (Wildman–Crippen MR) is 93.0 cm³/mol. The highest BCUT2D eigenvalue weighted by molar-refractivity contribution is 7.11. The largest absolute Gasteiger partial charge is 0.303 e. The van der Waals surface area contributed by atoms with E-state index in [-0.39, 0.29) is 12.1 Å². The maximum atomic E-state index is 6.29. The van der Waals surface area contributed by atoms with Crippen molar-refractivity contribution in [2.75, 3.05) is 0 Å². The average molecular weight is 364 g/mol. The lowest BCUT2D eigenvalue weighted by atomic mass is 10.1. The molecule has 1 aromatic heterocycles. The standard InChI is InChI=1S/C15H17Cl3N2S/c1-7(11-5-6-12(16)14(18)13(11)17)19-8(2)15-9(3)20-10(4)21-15/h5-8,19H,1-4H3. The van der Waals surface area contributed by atoms with E-state index >= 15 is 0 Å². The fourth-order valence-electron chi connectivity index (χ4n) is 2.36. The Kier molecular flexibility index (Phi) is 5.55. The molecule has 0 amide bonds. The maximum absolute atomic E-state index is 6.29. The summed E-state index contributed by atoms with van der Waals surface area (Å²) in [6, 6.07) is 3.93. The molecular formula is C15H17Cl3N2S. The first kappa shape index (κ1) is 17.0. The number of aromatic nitrogens is 1. The molecule has 2 nitrogen and oxygen atoms in total. The van der Waals surface area contributed by atoms with E-state index < -0.39 is 0 Å². The van der Waals surface area contributed by atoms with Crippen LogP contribution < -0.4 is 5.32 Å². The molecule has 6 heteroatoms. The fourth-order valence-corrected chi connectivity index (χ4v) is 4.01. The molecule has 2 aromatic rings. The van der Waals surface area contributed by atoms with Crippen molar-refractivity contribution in [1.29, 1.82) is 0 Å². The third-order valence-corrected chi connectivity index (χ3v) is 5.93. The molecule has 0 aliphatic rings. The van der Waals surface area contributed by atoms with Crippen LogP contribution in [0.4, 0.5) is 0 Å². The Morgan fingerprint density at radius 3 is 2.29 bits per heavy atom. The number of hydrogen-bond acceptors (Lipinski definition) is 3. The molecule has 0 saturated heterocycles. The summed E-state index contributed by atoms with van der Waals surface area (Å²) >= 11 is 20.1. The zero-order valence-electron chi connectivity index (χ0n) is 12.3. The van der Waals surface area contributed by atoms with Crippen molar-refractivity contribution in [3.05, 3.63) is 48.3 Å². The quantitative estimate of drug-likeness (QED) is 0.661. The molecular weight excluding hydrogens is 347 g/mol. The first-order valence-corrected chi connectivity index (χ1v) is 8.59. The number of thiazole rings is 1. The van der Waals surface area contributed by atoms with Gasteiger partial charge in [0.1, 0.15) is 0 Å². The summed E-state index contributed by atoms with van der Waals surface area (Å²) in [5.74, 6) is 0. The highest BCUT2D eigenvalue weighted by Crippen LogP contribution is 2.36. The van der Waals surface area contributed by atoms with Gasteiger partial charge in [-0.1, -0.05) is 40.9 Å². The minimum absolute atomic E-state index is 0.0593. The summed E-state index contributed by atoms with van der Waals surface area (Å²) in [5.41, 5.74) is 2.02. The van der Waals surface area contributed by atoms with Gasteiger partial charge in [-0.3, -0.25) is 0 Å². The van der Waals surface area contributed by atoms with Crippen LogP contribution in [0.3, 0.4) is 0 Å². The summed E-state index contributed by atoms with van der Waals surface area (Å²) in [4.78, 5) is 5.72. The Hall–Kier alpha value is -0.320. The van der Waals surface area contributed by atoms with Crippen molar-refractivity contribution < 1.29 is 0 Å². The average Bonchev–Trinajstić information content (AvgIpc) is 2.75. The summed E-state index contributed by atoms with van der Waals surface area (Å²) in [6.07, 6.45) is 0. The monoisotopic (exact) mass is 362 g/mol. The van der Waals surface area contributed by atoms with E-state index in [1.54, 1.807) is 17.4 Å². The lowest BCUT2D eigenvalue weighted by Gasteiger charge is -2.21. The molecule has 114 valence electrons. The normalized spacial score (nSPS) is 14.2. The fraction of sp³-hybridized carbons (Fsp3) is 0.400. The van der Waals surface area contributed by atoms with Gasteiger partial charge in [-0.05, 0) is 39.3 Å². The lowest BCUT2D eigenvalue weighted by Crippen LogP contribution is -2.22. The minimum Gasteiger partial charge on any atom is -0.303 e. The first-order valence-electron chi connectivity index (χ1n) is 6.64. The zero-order chi connectivity index (χ0) is 15.7. The highest BCUT2D eigenvalue weighted by Gasteiger charge is 2.19. The Balaban J connectivity index is 2.20. The molecule has 1 N–H and O–H groups in total. The van der Waals surface area contributed by atoms with Gasteiger partial charge in [-0.15, -0.1) is 11.3 Å². The van der Waals surface area contributed by atoms with Crippen molar-refractivity contribution in [2.45, 2.75) is 39.8 Å². The topological polar surface area (TPSA) is 24.9 Å². The smallest absolute Gasteiger partial charge is 0.0900 e. The van der Waals surface area contributed by atoms with Crippen molar-refractivity contribution in [3.63, 3.8) is 0 Å². The van der Waals surface area contributed by atoms with E-state index in [2.05, 4.69) is 24.1 Å². The molecule has 1 heterocycles. The second-order valence-electron chi connectivity index (χ2n) is 5.06. The second kappa shape index (κ2) is 6.84. The van der Waals surface area contributed by atoms with Crippen LogP contribution in [0.5, 0.6) is 0 Å². The molecule has 0 aliphatic heterocycles. The molecule has 2 rings (SSSR count). The Morgan fingerprint density at radius 1 is 1.05 bits per heavy atom. The van der Waals surface area contributed by atoms with Gasteiger partial charge in [-0.2, -0.15) is 0 Å². The Morgan fingerprint density at radius 2 is 1.71 bits per heavy atom. The molecule has 0 aliphatic carbocycles.